The van der Waals surface area contributed by atoms with Crippen molar-refractivity contribution in [2.24, 2.45) is 0 Å². The van der Waals surface area contributed by atoms with Crippen molar-refractivity contribution in [1.29, 1.82) is 0 Å². The van der Waals surface area contributed by atoms with E-state index in [2.05, 4.69) is 5.32 Å². The molecule has 0 spiro atoms. The van der Waals surface area contributed by atoms with E-state index in [4.69, 9.17) is 16.3 Å². The lowest BCUT2D eigenvalue weighted by Gasteiger charge is -2.17. The summed E-state index contributed by atoms with van der Waals surface area (Å²) in [7, 11) is 0. The number of hydrogen-bond donors (Lipinski definition) is 2. The Labute approximate surface area is 119 Å². The lowest BCUT2D eigenvalue weighted by Crippen LogP contribution is -2.27. The second kappa shape index (κ2) is 7.13. The van der Waals surface area contributed by atoms with Gasteiger partial charge in [0.25, 0.3) is 0 Å². The Kier molecular flexibility index (Phi) is 5.49. The van der Waals surface area contributed by atoms with E-state index in [1.54, 1.807) is 0 Å². The summed E-state index contributed by atoms with van der Waals surface area (Å²) in [5.74, 6) is 0. The number of nitrogens with one attached hydrogen (secondary N) is 1. The maximum atomic E-state index is 9.91. The predicted molar refractivity (Wildman–Crippen MR) is 78.9 cm³/mol. The molecule has 1 aliphatic carbocycles. The summed E-state index contributed by atoms with van der Waals surface area (Å²) < 4.78 is 5.69. The number of rotatable bonds is 6. The summed E-state index contributed by atoms with van der Waals surface area (Å²) in [5.41, 5.74) is 2.08. The van der Waals surface area contributed by atoms with Crippen LogP contribution in [0.3, 0.4) is 0 Å². The van der Waals surface area contributed by atoms with E-state index >= 15 is 0 Å². The van der Waals surface area contributed by atoms with Crippen molar-refractivity contribution in [3.8, 4) is 0 Å². The second-order valence-electron chi connectivity index (χ2n) is 5.23. The van der Waals surface area contributed by atoms with Crippen LogP contribution in [0.15, 0.2) is 18.2 Å². The zero-order valence-corrected chi connectivity index (χ0v) is 12.1. The molecule has 1 aliphatic rings. The molecule has 0 bridgehead atoms. The van der Waals surface area contributed by atoms with Gasteiger partial charge in [0, 0.05) is 17.3 Å². The first kappa shape index (κ1) is 14.6. The average Bonchev–Trinajstić information content (AvgIpc) is 2.90. The van der Waals surface area contributed by atoms with Crippen molar-refractivity contribution in [2.75, 3.05) is 18.5 Å². The van der Waals surface area contributed by atoms with Gasteiger partial charge in [-0.1, -0.05) is 30.5 Å². The molecule has 3 nitrogen and oxygen atoms in total. The van der Waals surface area contributed by atoms with Crippen molar-refractivity contribution < 1.29 is 9.84 Å². The summed E-state index contributed by atoms with van der Waals surface area (Å²) in [6.07, 6.45) is 4.63. The quantitative estimate of drug-likeness (QED) is 0.841. The molecule has 1 unspecified atom stereocenters. The third-order valence-corrected chi connectivity index (χ3v) is 3.79. The number of hydrogen-bond acceptors (Lipinski definition) is 3. The summed E-state index contributed by atoms with van der Waals surface area (Å²) in [5, 5.41) is 13.8. The number of aryl methyl sites for hydroxylation is 1. The first-order valence-electron chi connectivity index (χ1n) is 6.95. The summed E-state index contributed by atoms with van der Waals surface area (Å²) >= 11 is 5.95. The third kappa shape index (κ3) is 4.68. The van der Waals surface area contributed by atoms with Gasteiger partial charge in [0.05, 0.1) is 18.8 Å². The van der Waals surface area contributed by atoms with Crippen LogP contribution in [-0.4, -0.2) is 30.5 Å². The van der Waals surface area contributed by atoms with Crippen LogP contribution < -0.4 is 5.32 Å². The maximum Gasteiger partial charge on any atom is 0.0945 e. The highest BCUT2D eigenvalue weighted by Crippen LogP contribution is 2.22. The number of aliphatic hydroxyl groups is 1. The van der Waals surface area contributed by atoms with Gasteiger partial charge < -0.3 is 15.2 Å². The normalized spacial score (nSPS) is 17.6. The van der Waals surface area contributed by atoms with E-state index in [0.717, 1.165) is 24.1 Å². The number of benzene rings is 1. The second-order valence-corrected chi connectivity index (χ2v) is 5.67. The van der Waals surface area contributed by atoms with Gasteiger partial charge in [-0.05, 0) is 37.5 Å². The number of aliphatic hydroxyl groups excluding tert-OH is 1. The van der Waals surface area contributed by atoms with Crippen LogP contribution in [0.25, 0.3) is 0 Å². The first-order valence-corrected chi connectivity index (χ1v) is 7.32. The predicted octanol–water partition coefficient (Wildman–Crippen LogP) is 3.38. The highest BCUT2D eigenvalue weighted by molar-refractivity contribution is 6.30. The van der Waals surface area contributed by atoms with Crippen LogP contribution in [0.5, 0.6) is 0 Å². The molecule has 1 aromatic carbocycles. The Morgan fingerprint density at radius 1 is 1.42 bits per heavy atom. The highest BCUT2D eigenvalue weighted by atomic mass is 35.5. The molecule has 0 radical (unpaired) electrons. The smallest absolute Gasteiger partial charge is 0.0945 e. The zero-order valence-electron chi connectivity index (χ0n) is 11.4. The lowest BCUT2D eigenvalue weighted by atomic mass is 10.2. The number of ether oxygens (including phenoxy) is 1. The minimum atomic E-state index is -0.487. The fraction of sp³-hybridized carbons (Fsp3) is 0.600. The van der Waals surface area contributed by atoms with Gasteiger partial charge in [-0.3, -0.25) is 0 Å². The molecular weight excluding hydrogens is 262 g/mol. The van der Waals surface area contributed by atoms with E-state index in [1.165, 1.54) is 12.8 Å². The SMILES string of the molecule is Cc1ccc(Cl)cc1NCC(O)COC1CCCC1. The Bertz CT molecular complexity index is 405. The van der Waals surface area contributed by atoms with Crippen LogP contribution in [0, 0.1) is 6.92 Å². The van der Waals surface area contributed by atoms with E-state index in [1.807, 2.05) is 25.1 Å². The average molecular weight is 284 g/mol. The van der Waals surface area contributed by atoms with Crippen LogP contribution >= 0.6 is 11.6 Å². The fourth-order valence-corrected chi connectivity index (χ4v) is 2.55. The minimum Gasteiger partial charge on any atom is -0.389 e. The lowest BCUT2D eigenvalue weighted by molar-refractivity contribution is -0.00117. The van der Waals surface area contributed by atoms with Gasteiger partial charge >= 0.3 is 0 Å². The first-order chi connectivity index (χ1) is 9.15. The molecule has 1 fully saturated rings. The molecule has 4 heteroatoms. The molecule has 0 aromatic heterocycles. The Morgan fingerprint density at radius 2 is 2.16 bits per heavy atom. The highest BCUT2D eigenvalue weighted by Gasteiger charge is 2.16. The fourth-order valence-electron chi connectivity index (χ4n) is 2.37. The monoisotopic (exact) mass is 283 g/mol. The molecule has 1 aromatic rings. The summed E-state index contributed by atoms with van der Waals surface area (Å²) in [6, 6.07) is 5.70. The van der Waals surface area contributed by atoms with Gasteiger partial charge in [0.15, 0.2) is 0 Å². The molecule has 19 heavy (non-hydrogen) atoms. The largest absolute Gasteiger partial charge is 0.389 e. The molecule has 1 saturated carbocycles. The molecule has 1 atom stereocenters. The van der Waals surface area contributed by atoms with Crippen molar-refractivity contribution in [2.45, 2.75) is 44.8 Å². The van der Waals surface area contributed by atoms with Gasteiger partial charge in [-0.25, -0.2) is 0 Å². The molecule has 0 heterocycles. The van der Waals surface area contributed by atoms with Crippen LogP contribution in [0.2, 0.25) is 5.02 Å². The van der Waals surface area contributed by atoms with Crippen LogP contribution in [-0.2, 0) is 4.74 Å². The molecule has 2 N–H and O–H groups in total. The maximum absolute atomic E-state index is 9.91. The van der Waals surface area contributed by atoms with Gasteiger partial charge in [0.2, 0.25) is 0 Å². The molecular formula is C15H22ClNO2. The van der Waals surface area contributed by atoms with E-state index in [-0.39, 0.29) is 0 Å². The minimum absolute atomic E-state index is 0.350. The van der Waals surface area contributed by atoms with Crippen LogP contribution in [0.1, 0.15) is 31.2 Å². The Morgan fingerprint density at radius 3 is 2.89 bits per heavy atom. The Hall–Kier alpha value is -0.770. The van der Waals surface area contributed by atoms with Crippen molar-refractivity contribution in [3.63, 3.8) is 0 Å². The van der Waals surface area contributed by atoms with E-state index in [9.17, 15) is 5.11 Å². The Balaban J connectivity index is 1.73. The van der Waals surface area contributed by atoms with Crippen molar-refractivity contribution in [1.82, 2.24) is 0 Å². The summed E-state index contributed by atoms with van der Waals surface area (Å²) in [6.45, 7) is 2.89. The standard InChI is InChI=1S/C15H22ClNO2/c1-11-6-7-12(16)8-15(11)17-9-13(18)10-19-14-4-2-3-5-14/h6-8,13-14,17-18H,2-5,9-10H2,1H3. The van der Waals surface area contributed by atoms with Crippen LogP contribution in [0.4, 0.5) is 5.69 Å². The van der Waals surface area contributed by atoms with E-state index in [0.29, 0.717) is 24.3 Å². The number of anilines is 1. The van der Waals surface area contributed by atoms with Gasteiger partial charge in [-0.15, -0.1) is 0 Å². The van der Waals surface area contributed by atoms with Crippen molar-refractivity contribution in [3.05, 3.63) is 28.8 Å². The molecule has 2 rings (SSSR count). The molecule has 0 amide bonds. The molecule has 0 aliphatic heterocycles. The molecule has 106 valence electrons. The van der Waals surface area contributed by atoms with Crippen molar-refractivity contribution >= 4 is 17.3 Å². The van der Waals surface area contributed by atoms with E-state index < -0.39 is 6.10 Å². The van der Waals surface area contributed by atoms with Gasteiger partial charge in [0.1, 0.15) is 0 Å². The number of halogens is 1. The topological polar surface area (TPSA) is 41.5 Å². The molecule has 0 saturated heterocycles. The third-order valence-electron chi connectivity index (χ3n) is 3.55. The zero-order chi connectivity index (χ0) is 13.7. The van der Waals surface area contributed by atoms with Gasteiger partial charge in [-0.2, -0.15) is 0 Å². The summed E-state index contributed by atoms with van der Waals surface area (Å²) in [4.78, 5) is 0.